The highest BCUT2D eigenvalue weighted by Gasteiger charge is 2.13. The second-order valence-electron chi connectivity index (χ2n) is 3.12. The second-order valence-corrected chi connectivity index (χ2v) is 3.12. The summed E-state index contributed by atoms with van der Waals surface area (Å²) in [7, 11) is 1.36. The van der Waals surface area contributed by atoms with Crippen LogP contribution in [0.4, 0.5) is 4.39 Å². The SMILES string of the molecule is COc1ccc(CC(N)C(=O)O)cc1[18F]. The van der Waals surface area contributed by atoms with Crippen LogP contribution in [0, 0.1) is 5.82 Å². The van der Waals surface area contributed by atoms with Gasteiger partial charge in [-0.25, -0.2) is 4.39 Å². The standard InChI is InChI=1S/C10H12FNO3/c1-15-9-3-2-6(4-7(9)11)5-8(12)10(13)14/h2-4,8H,5,12H2,1H3,(H,13,14)/i11-1. The molecule has 1 rings (SSSR count). The Morgan fingerprint density at radius 1 is 1.67 bits per heavy atom. The molecule has 0 aliphatic carbocycles. The minimum Gasteiger partial charge on any atom is -0.494 e. The minimum atomic E-state index is -1.11. The van der Waals surface area contributed by atoms with Crippen molar-refractivity contribution in [2.24, 2.45) is 5.73 Å². The van der Waals surface area contributed by atoms with Crippen LogP contribution in [0.5, 0.6) is 5.75 Å². The summed E-state index contributed by atoms with van der Waals surface area (Å²) in [6, 6.07) is 3.24. The van der Waals surface area contributed by atoms with Crippen LogP contribution < -0.4 is 10.5 Å². The van der Waals surface area contributed by atoms with Crippen molar-refractivity contribution in [2.45, 2.75) is 12.5 Å². The molecule has 0 spiro atoms. The largest absolute Gasteiger partial charge is 0.494 e. The molecule has 4 nitrogen and oxygen atoms in total. The Hall–Kier alpha value is -1.62. The predicted molar refractivity (Wildman–Crippen MR) is 52.3 cm³/mol. The van der Waals surface area contributed by atoms with Gasteiger partial charge in [-0.2, -0.15) is 0 Å². The summed E-state index contributed by atoms with van der Waals surface area (Å²) in [4.78, 5) is 10.5. The van der Waals surface area contributed by atoms with Gasteiger partial charge in [-0.05, 0) is 24.1 Å². The van der Waals surface area contributed by atoms with Gasteiger partial charge in [-0.15, -0.1) is 0 Å². The molecule has 1 atom stereocenters. The number of carboxylic acids is 1. The summed E-state index contributed by atoms with van der Waals surface area (Å²) in [6.45, 7) is 0. The van der Waals surface area contributed by atoms with Gasteiger partial charge < -0.3 is 15.6 Å². The lowest BCUT2D eigenvalue weighted by Gasteiger charge is -2.07. The topological polar surface area (TPSA) is 72.5 Å². The van der Waals surface area contributed by atoms with Gasteiger partial charge in [0.25, 0.3) is 0 Å². The number of ether oxygens (including phenoxy) is 1. The third-order valence-corrected chi connectivity index (χ3v) is 1.99. The van der Waals surface area contributed by atoms with E-state index < -0.39 is 17.8 Å². The maximum atomic E-state index is 13.2. The van der Waals surface area contributed by atoms with Gasteiger partial charge in [0.2, 0.25) is 0 Å². The number of rotatable bonds is 4. The molecule has 0 bridgehead atoms. The number of hydrogen-bond donors (Lipinski definition) is 2. The first-order valence-corrected chi connectivity index (χ1v) is 4.35. The average Bonchev–Trinajstić information content (AvgIpc) is 2.18. The zero-order valence-electron chi connectivity index (χ0n) is 8.24. The van der Waals surface area contributed by atoms with Gasteiger partial charge >= 0.3 is 5.97 Å². The van der Waals surface area contributed by atoms with Gasteiger partial charge in [0.05, 0.1) is 7.11 Å². The molecular formula is C10H12FNO3. The fraction of sp³-hybridized carbons (Fsp3) is 0.300. The molecule has 0 fully saturated rings. The molecule has 1 aromatic rings. The molecule has 0 amide bonds. The van der Waals surface area contributed by atoms with E-state index in [4.69, 9.17) is 15.6 Å². The van der Waals surface area contributed by atoms with Crippen molar-refractivity contribution in [3.8, 4) is 5.75 Å². The van der Waals surface area contributed by atoms with E-state index in [0.717, 1.165) is 0 Å². The second kappa shape index (κ2) is 4.75. The van der Waals surface area contributed by atoms with Crippen molar-refractivity contribution in [3.63, 3.8) is 0 Å². The molecular weight excluding hydrogens is 200 g/mol. The van der Waals surface area contributed by atoms with Gasteiger partial charge in [-0.3, -0.25) is 4.79 Å². The lowest BCUT2D eigenvalue weighted by atomic mass is 10.1. The van der Waals surface area contributed by atoms with E-state index in [2.05, 4.69) is 0 Å². The number of methoxy groups -OCH3 is 1. The van der Waals surface area contributed by atoms with Crippen LogP contribution in [0.2, 0.25) is 0 Å². The van der Waals surface area contributed by atoms with Gasteiger partial charge in [0.1, 0.15) is 6.04 Å². The van der Waals surface area contributed by atoms with Crippen LogP contribution in [-0.4, -0.2) is 24.2 Å². The Bertz CT molecular complexity index is 368. The van der Waals surface area contributed by atoms with E-state index in [9.17, 15) is 9.18 Å². The highest BCUT2D eigenvalue weighted by atomic mass is 18.2. The van der Waals surface area contributed by atoms with E-state index in [1.165, 1.54) is 19.2 Å². The van der Waals surface area contributed by atoms with E-state index in [-0.39, 0.29) is 12.2 Å². The molecule has 0 aliphatic heterocycles. The van der Waals surface area contributed by atoms with Gasteiger partial charge in [-0.1, -0.05) is 6.07 Å². The van der Waals surface area contributed by atoms with Crippen LogP contribution >= 0.6 is 0 Å². The summed E-state index contributed by atoms with van der Waals surface area (Å²) < 4.78 is 17.9. The first-order valence-electron chi connectivity index (χ1n) is 4.35. The summed E-state index contributed by atoms with van der Waals surface area (Å²) in [5, 5.41) is 8.57. The monoisotopic (exact) mass is 212 g/mol. The third-order valence-electron chi connectivity index (χ3n) is 1.99. The first-order chi connectivity index (χ1) is 7.04. The van der Waals surface area contributed by atoms with Crippen molar-refractivity contribution >= 4 is 5.97 Å². The molecule has 0 aliphatic rings. The lowest BCUT2D eigenvalue weighted by Crippen LogP contribution is -2.32. The predicted octanol–water partition coefficient (Wildman–Crippen LogP) is 0.789. The maximum Gasteiger partial charge on any atom is 0.320 e. The normalized spacial score (nSPS) is 12.2. The van der Waals surface area contributed by atoms with Crippen LogP contribution in [0.3, 0.4) is 0 Å². The average molecular weight is 212 g/mol. The Morgan fingerprint density at radius 2 is 2.33 bits per heavy atom. The van der Waals surface area contributed by atoms with Gasteiger partial charge in [0.15, 0.2) is 11.6 Å². The van der Waals surface area contributed by atoms with Crippen molar-refractivity contribution in [2.75, 3.05) is 7.11 Å². The van der Waals surface area contributed by atoms with Crippen molar-refractivity contribution in [1.82, 2.24) is 0 Å². The van der Waals surface area contributed by atoms with Crippen LogP contribution in [0.15, 0.2) is 18.2 Å². The molecule has 15 heavy (non-hydrogen) atoms. The molecule has 0 saturated carbocycles. The van der Waals surface area contributed by atoms with Gasteiger partial charge in [0, 0.05) is 0 Å². The van der Waals surface area contributed by atoms with Crippen LogP contribution in [0.25, 0.3) is 0 Å². The Labute approximate surface area is 86.5 Å². The van der Waals surface area contributed by atoms with Crippen molar-refractivity contribution < 1.29 is 19.0 Å². The van der Waals surface area contributed by atoms with Crippen molar-refractivity contribution in [3.05, 3.63) is 29.6 Å². The quantitative estimate of drug-likeness (QED) is 0.773. The van der Waals surface area contributed by atoms with E-state index in [1.54, 1.807) is 6.07 Å². The first kappa shape index (κ1) is 11.5. The molecule has 5 heteroatoms. The summed E-state index contributed by atoms with van der Waals surface area (Å²) in [5.41, 5.74) is 5.85. The minimum absolute atomic E-state index is 0.0935. The fourth-order valence-corrected chi connectivity index (χ4v) is 1.18. The zero-order chi connectivity index (χ0) is 11.4. The smallest absolute Gasteiger partial charge is 0.320 e. The van der Waals surface area contributed by atoms with Crippen LogP contribution in [0.1, 0.15) is 5.56 Å². The maximum absolute atomic E-state index is 13.2. The number of nitrogens with two attached hydrogens (primary N) is 1. The highest BCUT2D eigenvalue weighted by Crippen LogP contribution is 2.18. The Kier molecular flexibility index (Phi) is 3.62. The third kappa shape index (κ3) is 2.92. The number of benzene rings is 1. The number of aliphatic carboxylic acids is 1. The Balaban J connectivity index is 2.79. The molecule has 0 heterocycles. The summed E-state index contributed by atoms with van der Waals surface area (Å²) >= 11 is 0. The molecule has 0 aromatic heterocycles. The number of halogens is 1. The van der Waals surface area contributed by atoms with E-state index in [0.29, 0.717) is 5.56 Å². The van der Waals surface area contributed by atoms with E-state index in [1.807, 2.05) is 0 Å². The zero-order valence-corrected chi connectivity index (χ0v) is 8.24. The molecule has 0 saturated heterocycles. The molecule has 82 valence electrons. The van der Waals surface area contributed by atoms with Crippen LogP contribution in [-0.2, 0) is 11.2 Å². The molecule has 3 N–H and O–H groups in total. The number of carboxylic acid groups (broad SMARTS) is 1. The summed E-state index contributed by atoms with van der Waals surface area (Å²) in [5.74, 6) is -1.50. The molecule has 0 radical (unpaired) electrons. The van der Waals surface area contributed by atoms with E-state index >= 15 is 0 Å². The van der Waals surface area contributed by atoms with Crippen molar-refractivity contribution in [1.29, 1.82) is 0 Å². The lowest BCUT2D eigenvalue weighted by molar-refractivity contribution is -0.138. The number of carbonyl (C=O) groups is 1. The fourth-order valence-electron chi connectivity index (χ4n) is 1.18. The highest BCUT2D eigenvalue weighted by molar-refractivity contribution is 5.73. The molecule has 1 aromatic carbocycles. The Morgan fingerprint density at radius 3 is 2.80 bits per heavy atom. The summed E-state index contributed by atoms with van der Waals surface area (Å²) in [6.07, 6.45) is 0.0935. The molecule has 1 unspecified atom stereocenters. The number of hydrogen-bond acceptors (Lipinski definition) is 3.